The number of aryl methyl sites for hydroxylation is 2. The number of ether oxygens (including phenoxy) is 1. The number of rotatable bonds is 10. The molecule has 2 N–H and O–H groups in total. The van der Waals surface area contributed by atoms with Gasteiger partial charge in [-0.2, -0.15) is 13.2 Å². The van der Waals surface area contributed by atoms with Gasteiger partial charge in [-0.15, -0.1) is 0 Å². The van der Waals surface area contributed by atoms with E-state index in [4.69, 9.17) is 4.74 Å². The van der Waals surface area contributed by atoms with E-state index in [2.05, 4.69) is 21.2 Å². The molecule has 1 unspecified atom stereocenters. The summed E-state index contributed by atoms with van der Waals surface area (Å²) in [5.41, 5.74) is -1.81. The molecule has 1 fully saturated rings. The second-order valence-corrected chi connectivity index (χ2v) is 12.8. The molecule has 0 bridgehead atoms. The number of phenolic OH excluding ortho intramolecular Hbond substituents is 1. The maximum atomic E-state index is 16.0. The molecule has 3 aromatic carbocycles. The second-order valence-electron chi connectivity index (χ2n) is 11.9. The first-order chi connectivity index (χ1) is 23.1. The van der Waals surface area contributed by atoms with Gasteiger partial charge in [-0.3, -0.25) is 19.0 Å². The molecule has 1 amide bonds. The van der Waals surface area contributed by atoms with Crippen LogP contribution in [0.25, 0.3) is 11.1 Å². The Bertz CT molecular complexity index is 1970. The number of hydrogen-bond donors (Lipinski definition) is 2. The van der Waals surface area contributed by atoms with Crippen LogP contribution in [0.3, 0.4) is 0 Å². The van der Waals surface area contributed by atoms with Crippen LogP contribution in [0.4, 0.5) is 22.0 Å². The lowest BCUT2D eigenvalue weighted by Crippen LogP contribution is -2.42. The van der Waals surface area contributed by atoms with Gasteiger partial charge in [0.15, 0.2) is 0 Å². The third kappa shape index (κ3) is 7.56. The second kappa shape index (κ2) is 14.1. The van der Waals surface area contributed by atoms with E-state index in [1.807, 2.05) is 0 Å². The highest BCUT2D eigenvalue weighted by Gasteiger charge is 2.42. The van der Waals surface area contributed by atoms with Gasteiger partial charge < -0.3 is 15.2 Å². The van der Waals surface area contributed by atoms with Gasteiger partial charge in [-0.05, 0) is 98.7 Å². The van der Waals surface area contributed by atoms with Gasteiger partial charge in [0, 0.05) is 32.9 Å². The molecule has 0 radical (unpaired) electrons. The van der Waals surface area contributed by atoms with E-state index in [-0.39, 0.29) is 29.0 Å². The van der Waals surface area contributed by atoms with Crippen molar-refractivity contribution in [3.05, 3.63) is 121 Å². The van der Waals surface area contributed by atoms with Crippen molar-refractivity contribution in [3.8, 4) is 16.9 Å². The Balaban J connectivity index is 1.68. The van der Waals surface area contributed by atoms with Crippen molar-refractivity contribution in [3.63, 3.8) is 0 Å². The minimum absolute atomic E-state index is 0.0328. The van der Waals surface area contributed by atoms with Crippen LogP contribution in [-0.2, 0) is 20.5 Å². The molecule has 0 saturated heterocycles. The fraction of sp³-hybridized carbons (Fsp3) is 0.306. The Morgan fingerprint density at radius 2 is 1.76 bits per heavy atom. The predicted octanol–water partition coefficient (Wildman–Crippen LogP) is 8.17. The quantitative estimate of drug-likeness (QED) is 0.126. The number of hydrogen-bond acceptors (Lipinski definition) is 5. The van der Waals surface area contributed by atoms with Crippen LogP contribution in [-0.4, -0.2) is 28.2 Å². The van der Waals surface area contributed by atoms with Crippen molar-refractivity contribution < 1.29 is 41.4 Å². The van der Waals surface area contributed by atoms with E-state index in [0.717, 1.165) is 16.8 Å². The number of carbonyl (C=O) groups is 2. The third-order valence-electron chi connectivity index (χ3n) is 8.42. The van der Waals surface area contributed by atoms with Crippen molar-refractivity contribution in [2.45, 2.75) is 64.2 Å². The number of carbonyl (C=O) groups excluding carboxylic acids is 2. The summed E-state index contributed by atoms with van der Waals surface area (Å²) in [7, 11) is 0. The standard InChI is InChI=1S/C36H32BrF5N2O5/c1-4-49-29(46)17-27(24-15-21(14-19(3)32(24)39)30-18(2)6-5-7-28(30)45)43-34(47)33(23-16-22(37)10-11-26(23)38)44-13-12-25(36(40,41)42)31(35(44)48)20-8-9-20/h5-7,10-16,20,27,33,45H,4,8-9,17H2,1-3H3,(H,43,47)/t27-,33?/m0/s1. The predicted molar refractivity (Wildman–Crippen MR) is 175 cm³/mol. The lowest BCUT2D eigenvalue weighted by atomic mass is 9.92. The Labute approximate surface area is 286 Å². The molecule has 1 heterocycles. The first kappa shape index (κ1) is 35.8. The summed E-state index contributed by atoms with van der Waals surface area (Å²) in [5, 5.41) is 13.2. The maximum absolute atomic E-state index is 16.0. The van der Waals surface area contributed by atoms with Gasteiger partial charge in [0.25, 0.3) is 5.56 Å². The number of phenols is 1. The smallest absolute Gasteiger partial charge is 0.416 e. The number of alkyl halides is 3. The zero-order valence-corrected chi connectivity index (χ0v) is 28.2. The molecular formula is C36H32BrF5N2O5. The van der Waals surface area contributed by atoms with E-state index in [9.17, 15) is 32.7 Å². The Kier molecular flexibility index (Phi) is 10.3. The van der Waals surface area contributed by atoms with Crippen LogP contribution < -0.4 is 10.9 Å². The highest BCUT2D eigenvalue weighted by Crippen LogP contribution is 2.44. The third-order valence-corrected chi connectivity index (χ3v) is 8.91. The van der Waals surface area contributed by atoms with E-state index >= 15 is 8.78 Å². The summed E-state index contributed by atoms with van der Waals surface area (Å²) in [6.07, 6.45) is -4.00. The fourth-order valence-corrected chi connectivity index (χ4v) is 6.40. The maximum Gasteiger partial charge on any atom is 0.416 e. The van der Waals surface area contributed by atoms with Crippen LogP contribution >= 0.6 is 15.9 Å². The fourth-order valence-electron chi connectivity index (χ4n) is 6.02. The SMILES string of the molecule is CCOC(=O)C[C@H](NC(=O)C(c1cc(Br)ccc1F)n1ccc(C(F)(F)F)c(C2CC2)c1=O)c1cc(-c2c(C)cccc2O)cc(C)c1F. The van der Waals surface area contributed by atoms with Crippen molar-refractivity contribution in [1.29, 1.82) is 0 Å². The van der Waals surface area contributed by atoms with Gasteiger partial charge in [0.1, 0.15) is 23.4 Å². The first-order valence-corrected chi connectivity index (χ1v) is 16.2. The Hall–Kier alpha value is -4.52. The Morgan fingerprint density at radius 3 is 2.39 bits per heavy atom. The number of benzene rings is 3. The highest BCUT2D eigenvalue weighted by atomic mass is 79.9. The van der Waals surface area contributed by atoms with Gasteiger partial charge in [0.05, 0.1) is 24.6 Å². The molecule has 13 heteroatoms. The number of aromatic nitrogens is 1. The molecule has 7 nitrogen and oxygen atoms in total. The summed E-state index contributed by atoms with van der Waals surface area (Å²) in [6, 6.07) is 8.60. The van der Waals surface area contributed by atoms with Crippen LogP contribution in [0.15, 0.2) is 70.1 Å². The van der Waals surface area contributed by atoms with Crippen molar-refractivity contribution in [2.24, 2.45) is 0 Å². The number of nitrogens with one attached hydrogen (secondary N) is 1. The number of aromatic hydroxyl groups is 1. The van der Waals surface area contributed by atoms with Crippen molar-refractivity contribution in [1.82, 2.24) is 9.88 Å². The van der Waals surface area contributed by atoms with E-state index < -0.39 is 70.8 Å². The van der Waals surface area contributed by atoms with E-state index in [0.29, 0.717) is 40.1 Å². The summed E-state index contributed by atoms with van der Waals surface area (Å²) >= 11 is 3.22. The molecule has 49 heavy (non-hydrogen) atoms. The van der Waals surface area contributed by atoms with Crippen LogP contribution in [0.2, 0.25) is 0 Å². The minimum Gasteiger partial charge on any atom is -0.507 e. The molecule has 5 rings (SSSR count). The highest BCUT2D eigenvalue weighted by molar-refractivity contribution is 9.10. The molecule has 258 valence electrons. The average molecular weight is 748 g/mol. The van der Waals surface area contributed by atoms with Gasteiger partial charge in [-0.1, -0.05) is 28.1 Å². The topological polar surface area (TPSA) is 97.6 Å². The van der Waals surface area contributed by atoms with Crippen LogP contribution in [0.5, 0.6) is 5.75 Å². The summed E-state index contributed by atoms with van der Waals surface area (Å²) in [5.74, 6) is -4.44. The van der Waals surface area contributed by atoms with E-state index in [1.54, 1.807) is 26.0 Å². The van der Waals surface area contributed by atoms with Crippen molar-refractivity contribution in [2.75, 3.05) is 6.61 Å². The molecule has 1 aromatic heterocycles. The zero-order valence-electron chi connectivity index (χ0n) is 26.6. The molecule has 0 aliphatic heterocycles. The summed E-state index contributed by atoms with van der Waals surface area (Å²) in [4.78, 5) is 41.0. The molecule has 0 spiro atoms. The molecule has 1 saturated carbocycles. The average Bonchev–Trinajstić information content (AvgIpc) is 3.86. The van der Waals surface area contributed by atoms with Crippen LogP contribution in [0, 0.1) is 25.5 Å². The Morgan fingerprint density at radius 1 is 1.04 bits per heavy atom. The zero-order chi connectivity index (χ0) is 35.8. The van der Waals surface area contributed by atoms with Crippen LogP contribution in [0.1, 0.15) is 77.6 Å². The number of pyridine rings is 1. The lowest BCUT2D eigenvalue weighted by Gasteiger charge is -2.27. The van der Waals surface area contributed by atoms with Gasteiger partial charge in [0.2, 0.25) is 5.91 Å². The molecule has 2 atom stereocenters. The monoisotopic (exact) mass is 746 g/mol. The van der Waals surface area contributed by atoms with E-state index in [1.165, 1.54) is 37.3 Å². The summed E-state index contributed by atoms with van der Waals surface area (Å²) < 4.78 is 79.5. The first-order valence-electron chi connectivity index (χ1n) is 15.4. The lowest BCUT2D eigenvalue weighted by molar-refractivity contribution is -0.144. The molecule has 4 aromatic rings. The van der Waals surface area contributed by atoms with Gasteiger partial charge >= 0.3 is 12.1 Å². The molecule has 1 aliphatic carbocycles. The number of esters is 1. The molecule has 1 aliphatic rings. The number of amides is 1. The summed E-state index contributed by atoms with van der Waals surface area (Å²) in [6.45, 7) is 4.72. The molecular weight excluding hydrogens is 715 g/mol. The number of halogens is 6. The normalized spacial score (nSPS) is 14.3. The van der Waals surface area contributed by atoms with Gasteiger partial charge in [-0.25, -0.2) is 8.78 Å². The number of nitrogens with zero attached hydrogens (tertiary/aromatic N) is 1. The minimum atomic E-state index is -4.86. The van der Waals surface area contributed by atoms with Crippen molar-refractivity contribution >= 4 is 27.8 Å². The largest absolute Gasteiger partial charge is 0.507 e.